The molecule has 0 aliphatic carbocycles. The SMILES string of the molecule is CCC(N)C(Oc1cncc(Br)c1)c1ccc(C)o1. The molecule has 0 radical (unpaired) electrons. The molecule has 102 valence electrons. The number of furan rings is 1. The Kier molecular flexibility index (Phi) is 4.61. The van der Waals surface area contributed by atoms with Crippen LogP contribution in [0.1, 0.15) is 31.0 Å². The molecule has 4 nitrogen and oxygen atoms in total. The van der Waals surface area contributed by atoms with Crippen LogP contribution in [0.3, 0.4) is 0 Å². The molecule has 2 N–H and O–H groups in total. The number of halogens is 1. The predicted molar refractivity (Wildman–Crippen MR) is 77.0 cm³/mol. The molecule has 2 rings (SSSR count). The molecule has 0 aliphatic heterocycles. The first-order chi connectivity index (χ1) is 9.10. The third-order valence-corrected chi connectivity index (χ3v) is 3.28. The quantitative estimate of drug-likeness (QED) is 0.912. The van der Waals surface area contributed by atoms with Gasteiger partial charge in [0.05, 0.1) is 6.20 Å². The number of hydrogen-bond acceptors (Lipinski definition) is 4. The fraction of sp³-hybridized carbons (Fsp3) is 0.357. The van der Waals surface area contributed by atoms with E-state index in [2.05, 4.69) is 20.9 Å². The van der Waals surface area contributed by atoms with Gasteiger partial charge in [0.15, 0.2) is 6.10 Å². The Bertz CT molecular complexity index is 542. The normalized spacial score (nSPS) is 14.1. The third kappa shape index (κ3) is 3.58. The van der Waals surface area contributed by atoms with Gasteiger partial charge in [-0.2, -0.15) is 0 Å². The molecule has 0 fully saturated rings. The summed E-state index contributed by atoms with van der Waals surface area (Å²) in [5, 5.41) is 0. The maximum absolute atomic E-state index is 6.13. The van der Waals surface area contributed by atoms with Gasteiger partial charge in [0, 0.05) is 16.7 Å². The van der Waals surface area contributed by atoms with Gasteiger partial charge in [-0.15, -0.1) is 0 Å². The van der Waals surface area contributed by atoms with Crippen molar-refractivity contribution in [2.45, 2.75) is 32.4 Å². The Morgan fingerprint density at radius 1 is 1.42 bits per heavy atom. The Hall–Kier alpha value is -1.33. The second-order valence-corrected chi connectivity index (χ2v) is 5.31. The summed E-state index contributed by atoms with van der Waals surface area (Å²) in [7, 11) is 0. The smallest absolute Gasteiger partial charge is 0.171 e. The highest BCUT2D eigenvalue weighted by Gasteiger charge is 2.24. The van der Waals surface area contributed by atoms with Crippen LogP contribution in [0.4, 0.5) is 0 Å². The number of pyridine rings is 1. The standard InChI is InChI=1S/C14H17BrN2O2/c1-3-12(16)14(13-5-4-9(2)18-13)19-11-6-10(15)7-17-8-11/h4-8,12,14H,3,16H2,1-2H3. The van der Waals surface area contributed by atoms with Crippen molar-refractivity contribution in [1.82, 2.24) is 4.98 Å². The summed E-state index contributed by atoms with van der Waals surface area (Å²) in [6.07, 6.45) is 3.86. The lowest BCUT2D eigenvalue weighted by atomic mass is 10.1. The van der Waals surface area contributed by atoms with Gasteiger partial charge in [-0.3, -0.25) is 4.98 Å². The van der Waals surface area contributed by atoms with E-state index in [1.54, 1.807) is 12.4 Å². The molecule has 2 heterocycles. The van der Waals surface area contributed by atoms with Crippen LogP contribution in [-0.2, 0) is 0 Å². The molecule has 2 atom stereocenters. The van der Waals surface area contributed by atoms with E-state index in [0.717, 1.165) is 22.4 Å². The molecule has 0 saturated carbocycles. The predicted octanol–water partition coefficient (Wildman–Crippen LogP) is 3.60. The lowest BCUT2D eigenvalue weighted by Gasteiger charge is -2.22. The van der Waals surface area contributed by atoms with E-state index in [-0.39, 0.29) is 12.1 Å². The summed E-state index contributed by atoms with van der Waals surface area (Å²) in [5.41, 5.74) is 6.13. The molecule has 2 unspecified atom stereocenters. The first-order valence-corrected chi connectivity index (χ1v) is 6.98. The maximum atomic E-state index is 6.13. The van der Waals surface area contributed by atoms with Crippen molar-refractivity contribution in [3.05, 3.63) is 46.6 Å². The number of nitrogens with zero attached hydrogens (tertiary/aromatic N) is 1. The monoisotopic (exact) mass is 324 g/mol. The average molecular weight is 325 g/mol. The van der Waals surface area contributed by atoms with Gasteiger partial charge in [-0.1, -0.05) is 6.92 Å². The molecule has 19 heavy (non-hydrogen) atoms. The number of ether oxygens (including phenoxy) is 1. The van der Waals surface area contributed by atoms with Crippen LogP contribution in [0, 0.1) is 6.92 Å². The Balaban J connectivity index is 2.24. The molecular weight excluding hydrogens is 308 g/mol. The molecule has 0 aromatic carbocycles. The topological polar surface area (TPSA) is 61.3 Å². The number of nitrogens with two attached hydrogens (primary N) is 1. The molecular formula is C14H17BrN2O2. The van der Waals surface area contributed by atoms with Crippen LogP contribution < -0.4 is 10.5 Å². The zero-order valence-corrected chi connectivity index (χ0v) is 12.6. The summed E-state index contributed by atoms with van der Waals surface area (Å²) in [4.78, 5) is 4.08. The summed E-state index contributed by atoms with van der Waals surface area (Å²) < 4.78 is 12.4. The lowest BCUT2D eigenvalue weighted by Crippen LogP contribution is -2.31. The van der Waals surface area contributed by atoms with Gasteiger partial charge in [-0.05, 0) is 47.5 Å². The van der Waals surface area contributed by atoms with Crippen molar-refractivity contribution >= 4 is 15.9 Å². The number of aromatic nitrogens is 1. The fourth-order valence-electron chi connectivity index (χ4n) is 1.78. The molecule has 5 heteroatoms. The first kappa shape index (κ1) is 14.1. The van der Waals surface area contributed by atoms with Gasteiger partial charge in [0.1, 0.15) is 17.3 Å². The molecule has 2 aromatic rings. The molecule has 2 aromatic heterocycles. The Morgan fingerprint density at radius 3 is 2.79 bits per heavy atom. The first-order valence-electron chi connectivity index (χ1n) is 6.19. The summed E-state index contributed by atoms with van der Waals surface area (Å²) >= 11 is 3.37. The van der Waals surface area contributed by atoms with Gasteiger partial charge in [0.25, 0.3) is 0 Å². The number of rotatable bonds is 5. The number of aryl methyl sites for hydroxylation is 1. The van der Waals surface area contributed by atoms with E-state index in [4.69, 9.17) is 14.9 Å². The number of hydrogen-bond donors (Lipinski definition) is 1. The molecule has 0 aliphatic rings. The highest BCUT2D eigenvalue weighted by molar-refractivity contribution is 9.10. The van der Waals surface area contributed by atoms with Gasteiger partial charge >= 0.3 is 0 Å². The van der Waals surface area contributed by atoms with Gasteiger partial charge in [-0.25, -0.2) is 0 Å². The maximum Gasteiger partial charge on any atom is 0.171 e. The van der Waals surface area contributed by atoms with Gasteiger partial charge < -0.3 is 14.9 Å². The minimum absolute atomic E-state index is 0.135. The average Bonchev–Trinajstić information content (AvgIpc) is 2.81. The van der Waals surface area contributed by atoms with E-state index in [1.165, 1.54) is 0 Å². The Labute approximate surface area is 121 Å². The van der Waals surface area contributed by atoms with Crippen LogP contribution in [0.25, 0.3) is 0 Å². The van der Waals surface area contributed by atoms with E-state index in [9.17, 15) is 0 Å². The largest absolute Gasteiger partial charge is 0.479 e. The second kappa shape index (κ2) is 6.21. The van der Waals surface area contributed by atoms with Crippen LogP contribution in [0.5, 0.6) is 5.75 Å². The van der Waals surface area contributed by atoms with Gasteiger partial charge in [0.2, 0.25) is 0 Å². The van der Waals surface area contributed by atoms with Crippen LogP contribution >= 0.6 is 15.9 Å². The minimum atomic E-state index is -0.310. The second-order valence-electron chi connectivity index (χ2n) is 4.40. The van der Waals surface area contributed by atoms with Crippen LogP contribution in [-0.4, -0.2) is 11.0 Å². The van der Waals surface area contributed by atoms with E-state index >= 15 is 0 Å². The summed E-state index contributed by atoms with van der Waals surface area (Å²) in [5.74, 6) is 2.25. The van der Waals surface area contributed by atoms with E-state index in [1.807, 2.05) is 32.0 Å². The van der Waals surface area contributed by atoms with Crippen molar-refractivity contribution in [3.8, 4) is 5.75 Å². The lowest BCUT2D eigenvalue weighted by molar-refractivity contribution is 0.143. The zero-order valence-electron chi connectivity index (χ0n) is 11.0. The molecule has 0 spiro atoms. The third-order valence-electron chi connectivity index (χ3n) is 2.84. The van der Waals surface area contributed by atoms with Crippen LogP contribution in [0.2, 0.25) is 0 Å². The van der Waals surface area contributed by atoms with Crippen molar-refractivity contribution in [2.75, 3.05) is 0 Å². The van der Waals surface area contributed by atoms with Crippen LogP contribution in [0.15, 0.2) is 39.5 Å². The van der Waals surface area contributed by atoms with Crippen molar-refractivity contribution < 1.29 is 9.15 Å². The molecule has 0 saturated heterocycles. The van der Waals surface area contributed by atoms with E-state index in [0.29, 0.717) is 5.75 Å². The summed E-state index contributed by atoms with van der Waals surface area (Å²) in [6, 6.07) is 5.54. The minimum Gasteiger partial charge on any atom is -0.479 e. The highest BCUT2D eigenvalue weighted by Crippen LogP contribution is 2.27. The Morgan fingerprint density at radius 2 is 2.21 bits per heavy atom. The molecule has 0 amide bonds. The highest BCUT2D eigenvalue weighted by atomic mass is 79.9. The molecule has 0 bridgehead atoms. The van der Waals surface area contributed by atoms with Crippen molar-refractivity contribution in [3.63, 3.8) is 0 Å². The van der Waals surface area contributed by atoms with Crippen molar-refractivity contribution in [2.24, 2.45) is 5.73 Å². The zero-order chi connectivity index (χ0) is 13.8. The van der Waals surface area contributed by atoms with Crippen molar-refractivity contribution in [1.29, 1.82) is 0 Å². The van der Waals surface area contributed by atoms with E-state index < -0.39 is 0 Å². The fourth-order valence-corrected chi connectivity index (χ4v) is 2.12. The summed E-state index contributed by atoms with van der Waals surface area (Å²) in [6.45, 7) is 3.93.